The van der Waals surface area contributed by atoms with Crippen molar-refractivity contribution < 1.29 is 5.11 Å². The Morgan fingerprint density at radius 1 is 1.48 bits per heavy atom. The number of hydrogen-bond acceptors (Lipinski definition) is 3. The molecule has 2 atom stereocenters. The average Bonchev–Trinajstić information content (AvgIpc) is 2.52. The quantitative estimate of drug-likeness (QED) is 0.817. The Hall–Kier alpha value is -0.580. The van der Waals surface area contributed by atoms with Gasteiger partial charge in [0.05, 0.1) is 0 Å². The Morgan fingerprint density at radius 3 is 3.00 bits per heavy atom. The lowest BCUT2D eigenvalue weighted by molar-refractivity contribution is 0.208. The zero-order valence-electron chi connectivity index (χ0n) is 13.1. The van der Waals surface area contributed by atoms with Gasteiger partial charge >= 0.3 is 0 Å². The zero-order chi connectivity index (χ0) is 15.2. The lowest BCUT2D eigenvalue weighted by Gasteiger charge is -2.36. The van der Waals surface area contributed by atoms with Crippen molar-refractivity contribution in [3.63, 3.8) is 0 Å². The fourth-order valence-corrected chi connectivity index (χ4v) is 3.44. The lowest BCUT2D eigenvalue weighted by Crippen LogP contribution is -2.37. The first kappa shape index (κ1) is 16.8. The van der Waals surface area contributed by atoms with Gasteiger partial charge in [-0.25, -0.2) is 0 Å². The molecule has 0 spiro atoms. The number of aliphatic hydroxyl groups is 1. The highest BCUT2D eigenvalue weighted by atomic mass is 79.9. The molecule has 1 fully saturated rings. The van der Waals surface area contributed by atoms with Gasteiger partial charge in [-0.2, -0.15) is 0 Å². The summed E-state index contributed by atoms with van der Waals surface area (Å²) in [5.74, 6) is 0.411. The molecule has 1 aliphatic rings. The highest BCUT2D eigenvalue weighted by molar-refractivity contribution is 9.10. The van der Waals surface area contributed by atoms with Gasteiger partial charge < -0.3 is 15.3 Å². The van der Waals surface area contributed by atoms with E-state index < -0.39 is 0 Å². The van der Waals surface area contributed by atoms with Crippen molar-refractivity contribution in [3.05, 3.63) is 28.2 Å². The van der Waals surface area contributed by atoms with Crippen LogP contribution in [0.3, 0.4) is 0 Å². The predicted molar refractivity (Wildman–Crippen MR) is 92.9 cm³/mol. The van der Waals surface area contributed by atoms with Gasteiger partial charge in [-0.3, -0.25) is 0 Å². The molecule has 0 aromatic heterocycles. The summed E-state index contributed by atoms with van der Waals surface area (Å²) in [6.45, 7) is 7.81. The minimum absolute atomic E-state index is 0.298. The molecule has 2 rings (SSSR count). The van der Waals surface area contributed by atoms with Crippen LogP contribution in [0.25, 0.3) is 0 Å². The lowest BCUT2D eigenvalue weighted by atomic mass is 9.96. The van der Waals surface area contributed by atoms with Crippen LogP contribution in [0.1, 0.15) is 44.7 Å². The van der Waals surface area contributed by atoms with Crippen LogP contribution in [0.2, 0.25) is 0 Å². The van der Waals surface area contributed by atoms with Crippen LogP contribution < -0.4 is 10.2 Å². The smallest absolute Gasteiger partial charge is 0.0476 e. The molecule has 0 saturated carbocycles. The van der Waals surface area contributed by atoms with Gasteiger partial charge in [0.15, 0.2) is 0 Å². The largest absolute Gasteiger partial charge is 0.396 e. The fraction of sp³-hybridized carbons (Fsp3) is 0.647. The summed E-state index contributed by atoms with van der Waals surface area (Å²) in [4.78, 5) is 2.44. The molecule has 4 heteroatoms. The van der Waals surface area contributed by atoms with Crippen molar-refractivity contribution >= 4 is 21.6 Å². The second-order valence-electron chi connectivity index (χ2n) is 6.02. The number of aliphatic hydroxyl groups excluding tert-OH is 1. The van der Waals surface area contributed by atoms with Crippen LogP contribution in [0.4, 0.5) is 5.69 Å². The Balaban J connectivity index is 2.21. The van der Waals surface area contributed by atoms with Crippen LogP contribution in [-0.2, 0) is 0 Å². The van der Waals surface area contributed by atoms with Crippen molar-refractivity contribution in [3.8, 4) is 0 Å². The van der Waals surface area contributed by atoms with Gasteiger partial charge in [-0.1, -0.05) is 22.9 Å². The van der Waals surface area contributed by atoms with E-state index in [0.717, 1.165) is 43.4 Å². The van der Waals surface area contributed by atoms with E-state index in [9.17, 15) is 5.11 Å². The maximum Gasteiger partial charge on any atom is 0.0476 e. The van der Waals surface area contributed by atoms with E-state index >= 15 is 0 Å². The number of nitrogens with one attached hydrogen (secondary N) is 1. The first-order chi connectivity index (χ1) is 10.2. The highest BCUT2D eigenvalue weighted by Gasteiger charge is 2.22. The van der Waals surface area contributed by atoms with E-state index in [4.69, 9.17) is 0 Å². The van der Waals surface area contributed by atoms with Crippen molar-refractivity contribution in [2.45, 2.75) is 39.2 Å². The number of hydrogen-bond donors (Lipinski definition) is 2. The minimum atomic E-state index is 0.298. The second-order valence-corrected chi connectivity index (χ2v) is 6.93. The highest BCUT2D eigenvalue weighted by Crippen LogP contribution is 2.32. The first-order valence-corrected chi connectivity index (χ1v) is 8.83. The predicted octanol–water partition coefficient (Wildman–Crippen LogP) is 3.72. The maximum atomic E-state index is 9.45. The van der Waals surface area contributed by atoms with Gasteiger partial charge in [0.1, 0.15) is 0 Å². The molecule has 1 saturated heterocycles. The number of nitrogens with zero attached hydrogens (tertiary/aromatic N) is 1. The molecule has 2 unspecified atom stereocenters. The molecule has 0 radical (unpaired) electrons. The molecule has 0 aliphatic carbocycles. The summed E-state index contributed by atoms with van der Waals surface area (Å²) in [7, 11) is 0. The van der Waals surface area contributed by atoms with Gasteiger partial charge in [0, 0.05) is 35.9 Å². The fourth-order valence-electron chi connectivity index (χ4n) is 3.06. The third-order valence-electron chi connectivity index (χ3n) is 4.27. The third-order valence-corrected chi connectivity index (χ3v) is 4.77. The van der Waals surface area contributed by atoms with Crippen LogP contribution in [0, 0.1) is 5.92 Å². The van der Waals surface area contributed by atoms with Crippen molar-refractivity contribution in [2.75, 3.05) is 31.1 Å². The monoisotopic (exact) mass is 354 g/mol. The molecular weight excluding hydrogens is 328 g/mol. The molecule has 21 heavy (non-hydrogen) atoms. The standard InChI is InChI=1S/C17H27BrN2O/c1-3-8-19-13(2)16-10-15(18)6-7-17(16)20-9-4-5-14(11-20)12-21/h6-7,10,13-14,19,21H,3-5,8-9,11-12H2,1-2H3. The van der Waals surface area contributed by atoms with E-state index in [2.05, 4.69) is 58.2 Å². The molecule has 118 valence electrons. The summed E-state index contributed by atoms with van der Waals surface area (Å²) in [5, 5.41) is 13.0. The summed E-state index contributed by atoms with van der Waals surface area (Å²) in [6, 6.07) is 6.90. The number of anilines is 1. The molecule has 2 N–H and O–H groups in total. The minimum Gasteiger partial charge on any atom is -0.396 e. The number of rotatable bonds is 6. The Kier molecular flexibility index (Phi) is 6.52. The SMILES string of the molecule is CCCNC(C)c1cc(Br)ccc1N1CCCC(CO)C1. The van der Waals surface area contributed by atoms with E-state index in [1.54, 1.807) is 0 Å². The molecule has 3 nitrogen and oxygen atoms in total. The third kappa shape index (κ3) is 4.44. The van der Waals surface area contributed by atoms with E-state index in [-0.39, 0.29) is 0 Å². The van der Waals surface area contributed by atoms with Gasteiger partial charge in [0.2, 0.25) is 0 Å². The molecule has 1 aromatic carbocycles. The molecule has 1 aliphatic heterocycles. The van der Waals surface area contributed by atoms with E-state index in [0.29, 0.717) is 18.6 Å². The van der Waals surface area contributed by atoms with E-state index in [1.165, 1.54) is 11.3 Å². The zero-order valence-corrected chi connectivity index (χ0v) is 14.7. The Bertz CT molecular complexity index is 452. The molecular formula is C17H27BrN2O. The second kappa shape index (κ2) is 8.16. The van der Waals surface area contributed by atoms with Gasteiger partial charge in [-0.05, 0) is 62.4 Å². The normalized spacial score (nSPS) is 20.6. The summed E-state index contributed by atoms with van der Waals surface area (Å²) in [6.07, 6.45) is 3.45. The number of halogens is 1. The number of benzene rings is 1. The van der Waals surface area contributed by atoms with Gasteiger partial charge in [0.25, 0.3) is 0 Å². The molecule has 0 bridgehead atoms. The molecule has 1 aromatic rings. The summed E-state index contributed by atoms with van der Waals surface area (Å²) >= 11 is 3.60. The van der Waals surface area contributed by atoms with Crippen LogP contribution in [0.15, 0.2) is 22.7 Å². The van der Waals surface area contributed by atoms with Crippen molar-refractivity contribution in [1.29, 1.82) is 0 Å². The summed E-state index contributed by atoms with van der Waals surface area (Å²) < 4.78 is 1.13. The van der Waals surface area contributed by atoms with Crippen LogP contribution in [-0.4, -0.2) is 31.3 Å². The Labute approximate surface area is 136 Å². The van der Waals surface area contributed by atoms with Crippen LogP contribution >= 0.6 is 15.9 Å². The first-order valence-electron chi connectivity index (χ1n) is 8.04. The number of piperidine rings is 1. The van der Waals surface area contributed by atoms with Crippen LogP contribution in [0.5, 0.6) is 0 Å². The Morgan fingerprint density at radius 2 is 2.29 bits per heavy atom. The summed E-state index contributed by atoms with van der Waals surface area (Å²) in [5.41, 5.74) is 2.66. The van der Waals surface area contributed by atoms with Crippen molar-refractivity contribution in [2.24, 2.45) is 5.92 Å². The topological polar surface area (TPSA) is 35.5 Å². The molecule has 1 heterocycles. The van der Waals surface area contributed by atoms with Gasteiger partial charge in [-0.15, -0.1) is 0 Å². The molecule has 0 amide bonds. The maximum absolute atomic E-state index is 9.45. The van der Waals surface area contributed by atoms with Crippen molar-refractivity contribution in [1.82, 2.24) is 5.32 Å². The van der Waals surface area contributed by atoms with E-state index in [1.807, 2.05) is 0 Å². The average molecular weight is 355 g/mol.